The molecule has 4 heteroatoms. The number of aryl methyl sites for hydroxylation is 2. The minimum atomic E-state index is 0.483. The summed E-state index contributed by atoms with van der Waals surface area (Å²) in [5, 5.41) is 1.51. The average Bonchev–Trinajstić information content (AvgIpc) is 2.84. The minimum absolute atomic E-state index is 0.483. The fraction of sp³-hybridized carbons (Fsp3) is 0.458. The molecule has 28 heavy (non-hydrogen) atoms. The SMILES string of the molecule is CO[n+]1cc(C2Cc3cc(C)cc4c5c(n(c34)C2)CCN(C)CC5)ccc1C. The summed E-state index contributed by atoms with van der Waals surface area (Å²) in [5.74, 6) is 0.483. The number of fused-ring (bicyclic) bond motifs is 3. The first kappa shape index (κ1) is 17.7. The van der Waals surface area contributed by atoms with Gasteiger partial charge in [0.05, 0.1) is 5.52 Å². The predicted octanol–water partition coefficient (Wildman–Crippen LogP) is 2.97. The Morgan fingerprint density at radius 3 is 2.75 bits per heavy atom. The van der Waals surface area contributed by atoms with E-state index in [0.717, 1.165) is 44.6 Å². The molecule has 146 valence electrons. The number of hydrogen-bond acceptors (Lipinski definition) is 2. The van der Waals surface area contributed by atoms with Crippen LogP contribution in [0.2, 0.25) is 0 Å². The second-order valence-corrected chi connectivity index (χ2v) is 8.67. The Balaban J connectivity index is 1.64. The van der Waals surface area contributed by atoms with Gasteiger partial charge in [-0.2, -0.15) is 0 Å². The number of pyridine rings is 1. The van der Waals surface area contributed by atoms with Gasteiger partial charge in [0.2, 0.25) is 11.9 Å². The number of benzene rings is 1. The standard InChI is InChI=1S/C24H30N3O/c1-16-11-19-13-20(18-6-5-17(2)27(15-18)28-4)14-26-23-8-10-25(3)9-7-21(23)22(12-16)24(19)26/h5-6,11-12,15,20H,7-10,13-14H2,1-4H3/q+1. The summed E-state index contributed by atoms with van der Waals surface area (Å²) in [5.41, 5.74) is 10.1. The first-order valence-electron chi connectivity index (χ1n) is 10.4. The summed E-state index contributed by atoms with van der Waals surface area (Å²) in [7, 11) is 3.99. The molecule has 0 fully saturated rings. The van der Waals surface area contributed by atoms with E-state index in [4.69, 9.17) is 4.84 Å². The molecule has 0 amide bonds. The Bertz CT molecular complexity index is 1070. The zero-order valence-corrected chi connectivity index (χ0v) is 17.5. The summed E-state index contributed by atoms with van der Waals surface area (Å²) in [6.07, 6.45) is 5.59. The molecule has 0 spiro atoms. The van der Waals surface area contributed by atoms with Crippen molar-refractivity contribution in [2.75, 3.05) is 27.2 Å². The fourth-order valence-corrected chi connectivity index (χ4v) is 5.27. The van der Waals surface area contributed by atoms with E-state index in [1.807, 2.05) is 4.73 Å². The highest BCUT2D eigenvalue weighted by molar-refractivity contribution is 5.90. The van der Waals surface area contributed by atoms with E-state index in [9.17, 15) is 0 Å². The van der Waals surface area contributed by atoms with Crippen LogP contribution < -0.4 is 9.57 Å². The summed E-state index contributed by atoms with van der Waals surface area (Å²) in [6, 6.07) is 9.29. The van der Waals surface area contributed by atoms with Gasteiger partial charge in [-0.3, -0.25) is 4.84 Å². The number of nitrogens with zero attached hydrogens (tertiary/aromatic N) is 3. The lowest BCUT2D eigenvalue weighted by Crippen LogP contribution is -2.43. The van der Waals surface area contributed by atoms with E-state index in [0.29, 0.717) is 5.92 Å². The Morgan fingerprint density at radius 2 is 1.93 bits per heavy atom. The van der Waals surface area contributed by atoms with Crippen molar-refractivity contribution >= 4 is 10.9 Å². The summed E-state index contributed by atoms with van der Waals surface area (Å²) in [4.78, 5) is 8.00. The maximum absolute atomic E-state index is 5.53. The monoisotopic (exact) mass is 376 g/mol. The van der Waals surface area contributed by atoms with Gasteiger partial charge in [0.25, 0.3) is 0 Å². The van der Waals surface area contributed by atoms with Crippen molar-refractivity contribution in [1.82, 2.24) is 9.47 Å². The van der Waals surface area contributed by atoms with Crippen LogP contribution >= 0.6 is 0 Å². The van der Waals surface area contributed by atoms with Crippen molar-refractivity contribution < 1.29 is 9.57 Å². The van der Waals surface area contributed by atoms with Crippen molar-refractivity contribution in [3.8, 4) is 0 Å². The van der Waals surface area contributed by atoms with Gasteiger partial charge in [-0.25, -0.2) is 0 Å². The molecule has 2 aliphatic rings. The Labute approximate surface area is 167 Å². The van der Waals surface area contributed by atoms with Gasteiger partial charge in [-0.1, -0.05) is 11.6 Å². The lowest BCUT2D eigenvalue weighted by molar-refractivity contribution is -0.889. The molecule has 0 radical (unpaired) electrons. The molecular weight excluding hydrogens is 346 g/mol. The lowest BCUT2D eigenvalue weighted by Gasteiger charge is -2.26. The van der Waals surface area contributed by atoms with Crippen molar-refractivity contribution in [2.24, 2.45) is 0 Å². The highest BCUT2D eigenvalue weighted by atomic mass is 16.6. The van der Waals surface area contributed by atoms with Crippen molar-refractivity contribution in [2.45, 2.75) is 45.6 Å². The molecule has 0 aliphatic carbocycles. The van der Waals surface area contributed by atoms with E-state index in [1.54, 1.807) is 18.4 Å². The van der Waals surface area contributed by atoms with Crippen LogP contribution in [0, 0.1) is 13.8 Å². The van der Waals surface area contributed by atoms with Crippen molar-refractivity contribution in [3.63, 3.8) is 0 Å². The molecule has 1 aromatic carbocycles. The number of aromatic nitrogens is 2. The molecule has 2 aromatic heterocycles. The summed E-state index contributed by atoms with van der Waals surface area (Å²) < 4.78 is 4.55. The molecule has 0 N–H and O–H groups in total. The van der Waals surface area contributed by atoms with E-state index in [2.05, 4.69) is 60.8 Å². The maximum Gasteiger partial charge on any atom is 0.231 e. The molecule has 3 aromatic rings. The van der Waals surface area contributed by atoms with Gasteiger partial charge >= 0.3 is 0 Å². The zero-order chi connectivity index (χ0) is 19.4. The molecular formula is C24H30N3O+. The summed E-state index contributed by atoms with van der Waals surface area (Å²) >= 11 is 0. The van der Waals surface area contributed by atoms with Gasteiger partial charge in [0.1, 0.15) is 7.11 Å². The first-order chi connectivity index (χ1) is 13.5. The molecule has 2 aliphatic heterocycles. The zero-order valence-electron chi connectivity index (χ0n) is 17.5. The van der Waals surface area contributed by atoms with Crippen molar-refractivity contribution in [1.29, 1.82) is 0 Å². The molecule has 0 saturated carbocycles. The molecule has 4 nitrogen and oxygen atoms in total. The fourth-order valence-electron chi connectivity index (χ4n) is 5.27. The maximum atomic E-state index is 5.53. The smallest absolute Gasteiger partial charge is 0.231 e. The third-order valence-corrected chi connectivity index (χ3v) is 6.74. The third-order valence-electron chi connectivity index (χ3n) is 6.74. The van der Waals surface area contributed by atoms with Crippen LogP contribution in [0.1, 0.15) is 39.6 Å². The molecule has 1 unspecified atom stereocenters. The van der Waals surface area contributed by atoms with Crippen LogP contribution in [0.3, 0.4) is 0 Å². The van der Waals surface area contributed by atoms with Crippen molar-refractivity contribution in [3.05, 3.63) is 64.1 Å². The van der Waals surface area contributed by atoms with Crippen LogP contribution in [0.15, 0.2) is 30.5 Å². The molecule has 1 atom stereocenters. The van der Waals surface area contributed by atoms with Gasteiger partial charge < -0.3 is 9.47 Å². The van der Waals surface area contributed by atoms with Gasteiger partial charge in [-0.15, -0.1) is 0 Å². The number of rotatable bonds is 2. The largest absolute Gasteiger partial charge is 0.343 e. The predicted molar refractivity (Wildman–Crippen MR) is 112 cm³/mol. The van der Waals surface area contributed by atoms with Gasteiger partial charge in [0, 0.05) is 66.3 Å². The molecule has 0 bridgehead atoms. The molecule has 5 rings (SSSR count). The number of hydrogen-bond donors (Lipinski definition) is 0. The average molecular weight is 377 g/mol. The second-order valence-electron chi connectivity index (χ2n) is 8.67. The lowest BCUT2D eigenvalue weighted by atomic mass is 9.88. The van der Waals surface area contributed by atoms with Crippen LogP contribution in [0.4, 0.5) is 0 Å². The Morgan fingerprint density at radius 1 is 1.11 bits per heavy atom. The van der Waals surface area contributed by atoms with Crippen LogP contribution in [-0.4, -0.2) is 36.7 Å². The minimum Gasteiger partial charge on any atom is -0.343 e. The third kappa shape index (κ3) is 2.74. The molecule has 4 heterocycles. The van der Waals surface area contributed by atoms with Gasteiger partial charge in [-0.05, 0) is 50.1 Å². The quantitative estimate of drug-likeness (QED) is 0.641. The van der Waals surface area contributed by atoms with E-state index >= 15 is 0 Å². The normalized spacial score (nSPS) is 19.5. The number of likely N-dealkylation sites (N-methyl/N-ethyl adjacent to an activating group) is 1. The van der Waals surface area contributed by atoms with E-state index < -0.39 is 0 Å². The highest BCUT2D eigenvalue weighted by Crippen LogP contribution is 2.39. The van der Waals surface area contributed by atoms with Gasteiger partial charge in [0.15, 0.2) is 0 Å². The highest BCUT2D eigenvalue weighted by Gasteiger charge is 2.30. The van der Waals surface area contributed by atoms with Crippen LogP contribution in [-0.2, 0) is 25.8 Å². The first-order valence-corrected chi connectivity index (χ1v) is 10.4. The second kappa shape index (κ2) is 6.63. The van der Waals surface area contributed by atoms with Crippen LogP contribution in [0.25, 0.3) is 10.9 Å². The Kier molecular flexibility index (Phi) is 4.20. The molecule has 0 saturated heterocycles. The topological polar surface area (TPSA) is 21.3 Å². The van der Waals surface area contributed by atoms with Crippen LogP contribution in [0.5, 0.6) is 0 Å². The van der Waals surface area contributed by atoms with E-state index in [-0.39, 0.29) is 0 Å². The van der Waals surface area contributed by atoms with E-state index in [1.165, 1.54) is 27.6 Å². The summed E-state index contributed by atoms with van der Waals surface area (Å²) in [6.45, 7) is 7.70. The Hall–Kier alpha value is -2.33.